The Hall–Kier alpha value is -2.57. The third-order valence-corrected chi connectivity index (χ3v) is 9.33. The van der Waals surface area contributed by atoms with Gasteiger partial charge in [-0.3, -0.25) is 9.59 Å². The highest BCUT2D eigenvalue weighted by Gasteiger charge is 2.55. The molecule has 2 saturated heterocycles. The summed E-state index contributed by atoms with van der Waals surface area (Å²) >= 11 is 18.2. The number of nitrogens with two attached hydrogens (primary N) is 1. The van der Waals surface area contributed by atoms with Crippen LogP contribution in [-0.4, -0.2) is 77.9 Å². The zero-order valence-corrected chi connectivity index (χ0v) is 23.5. The number of hydrogen-bond acceptors (Lipinski definition) is 6. The van der Waals surface area contributed by atoms with E-state index >= 15 is 0 Å². The van der Waals surface area contributed by atoms with Crippen LogP contribution in [0.2, 0.25) is 15.1 Å². The monoisotopic (exact) mass is 602 g/mol. The maximum atomic E-state index is 13.9. The van der Waals surface area contributed by atoms with Crippen molar-refractivity contribution in [2.75, 3.05) is 13.1 Å². The van der Waals surface area contributed by atoms with E-state index in [4.69, 9.17) is 45.3 Å². The number of piperazine rings is 1. The Balaban J connectivity index is 1.85. The van der Waals surface area contributed by atoms with E-state index in [0.717, 1.165) is 4.31 Å². The number of ether oxygens (including phenoxy) is 1. The molecule has 3 unspecified atom stereocenters. The predicted octanol–water partition coefficient (Wildman–Crippen LogP) is 3.13. The molecule has 2 aromatic carbocycles. The van der Waals surface area contributed by atoms with Gasteiger partial charge in [-0.1, -0.05) is 46.9 Å². The molecule has 2 aliphatic heterocycles. The Labute approximate surface area is 235 Å². The quantitative estimate of drug-likeness (QED) is 0.540. The van der Waals surface area contributed by atoms with Gasteiger partial charge in [0, 0.05) is 22.5 Å². The standard InChI is InChI=1S/C24H25Cl3N4O6S/c1-13(2)29-12-21-30(38(35,36)20-8-7-16(26)10-17(20)27)11-19(37-24(28)34)23(33)31(21)18(22(29)32)9-14-3-5-15(25)6-4-14/h3-8,10,13,18-19,21H,9,11-12H2,1-2H3,(H2,28,34). The number of benzene rings is 2. The van der Waals surface area contributed by atoms with E-state index < -0.39 is 46.9 Å². The highest BCUT2D eigenvalue weighted by atomic mass is 35.5. The maximum absolute atomic E-state index is 13.9. The number of nitrogens with zero attached hydrogens (tertiary/aromatic N) is 3. The van der Waals surface area contributed by atoms with Crippen LogP contribution < -0.4 is 5.73 Å². The van der Waals surface area contributed by atoms with Crippen molar-refractivity contribution in [1.29, 1.82) is 0 Å². The molecule has 0 aliphatic carbocycles. The molecule has 2 heterocycles. The van der Waals surface area contributed by atoms with Crippen LogP contribution in [0.1, 0.15) is 19.4 Å². The summed E-state index contributed by atoms with van der Waals surface area (Å²) in [5.74, 6) is -1.10. The lowest BCUT2D eigenvalue weighted by Gasteiger charge is -2.53. The number of rotatable bonds is 6. The van der Waals surface area contributed by atoms with E-state index in [2.05, 4.69) is 0 Å². The Morgan fingerprint density at radius 3 is 2.24 bits per heavy atom. The molecule has 0 saturated carbocycles. The summed E-state index contributed by atoms with van der Waals surface area (Å²) in [5.41, 5.74) is 5.89. The lowest BCUT2D eigenvalue weighted by molar-refractivity contribution is -0.174. The van der Waals surface area contributed by atoms with Crippen LogP contribution in [0.25, 0.3) is 0 Å². The molecule has 2 N–H and O–H groups in total. The molecule has 10 nitrogen and oxygen atoms in total. The molecule has 2 fully saturated rings. The van der Waals surface area contributed by atoms with Gasteiger partial charge in [0.25, 0.3) is 5.91 Å². The van der Waals surface area contributed by atoms with E-state index in [-0.39, 0.29) is 39.9 Å². The van der Waals surface area contributed by atoms with Crippen LogP contribution in [0.5, 0.6) is 0 Å². The van der Waals surface area contributed by atoms with Gasteiger partial charge in [-0.2, -0.15) is 4.31 Å². The zero-order chi connectivity index (χ0) is 27.9. The topological polar surface area (TPSA) is 130 Å². The van der Waals surface area contributed by atoms with Crippen molar-refractivity contribution in [3.05, 3.63) is 63.1 Å². The van der Waals surface area contributed by atoms with Gasteiger partial charge < -0.3 is 20.3 Å². The second-order valence-electron chi connectivity index (χ2n) is 9.23. The van der Waals surface area contributed by atoms with E-state index in [1.165, 1.54) is 28.0 Å². The van der Waals surface area contributed by atoms with Crippen molar-refractivity contribution in [3.63, 3.8) is 0 Å². The molecule has 4 rings (SSSR count). The first-order chi connectivity index (χ1) is 17.8. The molecular formula is C24H25Cl3N4O6S. The van der Waals surface area contributed by atoms with Crippen molar-refractivity contribution < 1.29 is 27.5 Å². The molecule has 0 aromatic heterocycles. The fraction of sp³-hybridized carbons (Fsp3) is 0.375. The third-order valence-electron chi connectivity index (χ3n) is 6.50. The minimum absolute atomic E-state index is 0.0698. The first kappa shape index (κ1) is 28.4. The molecule has 38 heavy (non-hydrogen) atoms. The summed E-state index contributed by atoms with van der Waals surface area (Å²) in [4.78, 5) is 41.4. The minimum atomic E-state index is -4.38. The summed E-state index contributed by atoms with van der Waals surface area (Å²) in [6.45, 7) is 2.97. The Morgan fingerprint density at radius 1 is 1.03 bits per heavy atom. The smallest absolute Gasteiger partial charge is 0.405 e. The van der Waals surface area contributed by atoms with Gasteiger partial charge in [0.05, 0.1) is 18.1 Å². The Morgan fingerprint density at radius 2 is 1.66 bits per heavy atom. The van der Waals surface area contributed by atoms with Gasteiger partial charge in [0.2, 0.25) is 15.9 Å². The van der Waals surface area contributed by atoms with E-state index in [0.29, 0.717) is 10.6 Å². The first-order valence-electron chi connectivity index (χ1n) is 11.6. The highest BCUT2D eigenvalue weighted by Crippen LogP contribution is 2.35. The lowest BCUT2D eigenvalue weighted by atomic mass is 9.97. The lowest BCUT2D eigenvalue weighted by Crippen LogP contribution is -2.75. The molecular weight excluding hydrogens is 579 g/mol. The summed E-state index contributed by atoms with van der Waals surface area (Å²) in [7, 11) is -4.38. The molecule has 14 heteroatoms. The van der Waals surface area contributed by atoms with E-state index in [1.54, 1.807) is 38.1 Å². The van der Waals surface area contributed by atoms with Gasteiger partial charge in [-0.05, 0) is 49.7 Å². The van der Waals surface area contributed by atoms with Crippen LogP contribution >= 0.6 is 34.8 Å². The highest BCUT2D eigenvalue weighted by molar-refractivity contribution is 7.89. The number of hydrogen-bond donors (Lipinski definition) is 1. The molecule has 0 radical (unpaired) electrons. The van der Waals surface area contributed by atoms with Gasteiger partial charge in [0.15, 0.2) is 6.10 Å². The first-order valence-corrected chi connectivity index (χ1v) is 14.2. The molecule has 3 atom stereocenters. The summed E-state index contributed by atoms with van der Waals surface area (Å²) in [6.07, 6.45) is -3.87. The largest absolute Gasteiger partial charge is 0.435 e. The molecule has 2 aromatic rings. The molecule has 2 aliphatic rings. The van der Waals surface area contributed by atoms with Crippen molar-refractivity contribution in [2.24, 2.45) is 5.73 Å². The molecule has 0 spiro atoms. The minimum Gasteiger partial charge on any atom is -0.435 e. The number of sulfonamides is 1. The number of halogens is 3. The van der Waals surface area contributed by atoms with E-state index in [1.807, 2.05) is 0 Å². The number of fused-ring (bicyclic) bond motifs is 1. The van der Waals surface area contributed by atoms with Gasteiger partial charge in [0.1, 0.15) is 17.1 Å². The summed E-state index contributed by atoms with van der Waals surface area (Å²) < 4.78 is 33.9. The second kappa shape index (κ2) is 10.9. The Bertz CT molecular complexity index is 1370. The van der Waals surface area contributed by atoms with Gasteiger partial charge in [-0.25, -0.2) is 13.2 Å². The van der Waals surface area contributed by atoms with Crippen molar-refractivity contribution in [2.45, 2.75) is 49.5 Å². The van der Waals surface area contributed by atoms with Crippen molar-refractivity contribution in [3.8, 4) is 0 Å². The van der Waals surface area contributed by atoms with Crippen LogP contribution in [0.15, 0.2) is 47.4 Å². The van der Waals surface area contributed by atoms with Crippen LogP contribution in [0.4, 0.5) is 4.79 Å². The van der Waals surface area contributed by atoms with Crippen LogP contribution in [0.3, 0.4) is 0 Å². The number of carbonyl (C=O) groups excluding carboxylic acids is 3. The fourth-order valence-corrected chi connectivity index (χ4v) is 7.17. The van der Waals surface area contributed by atoms with E-state index in [9.17, 15) is 22.8 Å². The number of carbonyl (C=O) groups is 3. The van der Waals surface area contributed by atoms with Crippen LogP contribution in [0, 0.1) is 0 Å². The second-order valence-corrected chi connectivity index (χ2v) is 12.4. The maximum Gasteiger partial charge on any atom is 0.405 e. The number of amides is 3. The summed E-state index contributed by atoms with van der Waals surface area (Å²) in [5, 5.41) is 0.599. The molecule has 0 bridgehead atoms. The average molecular weight is 604 g/mol. The van der Waals surface area contributed by atoms with Crippen LogP contribution in [-0.2, 0) is 30.8 Å². The molecule has 3 amide bonds. The average Bonchev–Trinajstić information content (AvgIpc) is 2.82. The van der Waals surface area contributed by atoms with Crippen molar-refractivity contribution in [1.82, 2.24) is 14.1 Å². The van der Waals surface area contributed by atoms with Gasteiger partial charge >= 0.3 is 6.09 Å². The zero-order valence-electron chi connectivity index (χ0n) is 20.4. The van der Waals surface area contributed by atoms with Crippen molar-refractivity contribution >= 4 is 62.7 Å². The normalized spacial score (nSPS) is 22.5. The summed E-state index contributed by atoms with van der Waals surface area (Å²) in [6, 6.07) is 9.26. The molecule has 204 valence electrons. The SMILES string of the molecule is CC(C)N1CC2N(C(=O)C(OC(N)=O)CN2S(=O)(=O)c2ccc(Cl)cc2Cl)C(Cc2ccc(Cl)cc2)C1=O. The predicted molar refractivity (Wildman–Crippen MR) is 141 cm³/mol. The fourth-order valence-electron chi connectivity index (χ4n) is 4.72. The third kappa shape index (κ3) is 5.43. The Kier molecular flexibility index (Phi) is 8.15. The van der Waals surface area contributed by atoms with Gasteiger partial charge in [-0.15, -0.1) is 0 Å². The number of primary amides is 1.